The van der Waals surface area contributed by atoms with Crippen molar-refractivity contribution in [1.82, 2.24) is 25.1 Å². The van der Waals surface area contributed by atoms with E-state index >= 15 is 0 Å². The van der Waals surface area contributed by atoms with Crippen LogP contribution in [0.4, 0.5) is 5.69 Å². The van der Waals surface area contributed by atoms with Crippen molar-refractivity contribution in [3.8, 4) is 5.69 Å². The zero-order chi connectivity index (χ0) is 21.7. The SMILES string of the molecule is Cc1ccc(NC(=O)CN(C)C(=O)CSc2nnnn2-c2ccc(C)c(C)c2)cc1. The fourth-order valence-corrected chi connectivity index (χ4v) is 3.50. The number of rotatable bonds is 7. The highest BCUT2D eigenvalue weighted by molar-refractivity contribution is 7.99. The van der Waals surface area contributed by atoms with Gasteiger partial charge < -0.3 is 10.2 Å². The average Bonchev–Trinajstić information content (AvgIpc) is 3.18. The van der Waals surface area contributed by atoms with Gasteiger partial charge in [-0.2, -0.15) is 4.68 Å². The van der Waals surface area contributed by atoms with E-state index in [4.69, 9.17) is 0 Å². The number of carbonyl (C=O) groups is 2. The number of tetrazole rings is 1. The van der Waals surface area contributed by atoms with Gasteiger partial charge in [0.05, 0.1) is 18.0 Å². The third kappa shape index (κ3) is 5.44. The molecule has 8 nitrogen and oxygen atoms in total. The van der Waals surface area contributed by atoms with E-state index in [-0.39, 0.29) is 24.1 Å². The number of aryl methyl sites for hydroxylation is 3. The van der Waals surface area contributed by atoms with Crippen molar-refractivity contribution < 1.29 is 9.59 Å². The highest BCUT2D eigenvalue weighted by atomic mass is 32.2. The number of hydrogen-bond donors (Lipinski definition) is 1. The zero-order valence-corrected chi connectivity index (χ0v) is 18.2. The fraction of sp³-hybridized carbons (Fsp3) is 0.286. The van der Waals surface area contributed by atoms with E-state index in [0.29, 0.717) is 10.8 Å². The summed E-state index contributed by atoms with van der Waals surface area (Å²) in [6.45, 7) is 6.01. The zero-order valence-electron chi connectivity index (χ0n) is 17.4. The molecule has 30 heavy (non-hydrogen) atoms. The maximum atomic E-state index is 12.5. The fourth-order valence-electron chi connectivity index (χ4n) is 2.67. The summed E-state index contributed by atoms with van der Waals surface area (Å²) in [5, 5.41) is 15.1. The largest absolute Gasteiger partial charge is 0.336 e. The van der Waals surface area contributed by atoms with Crippen LogP contribution >= 0.6 is 11.8 Å². The summed E-state index contributed by atoms with van der Waals surface area (Å²) in [5.74, 6) is -0.312. The van der Waals surface area contributed by atoms with Crippen molar-refractivity contribution >= 4 is 29.3 Å². The number of nitrogens with one attached hydrogen (secondary N) is 1. The van der Waals surface area contributed by atoms with Gasteiger partial charge in [-0.15, -0.1) is 5.10 Å². The molecule has 0 fully saturated rings. The van der Waals surface area contributed by atoms with E-state index in [9.17, 15) is 9.59 Å². The summed E-state index contributed by atoms with van der Waals surface area (Å²) >= 11 is 1.23. The predicted octanol–water partition coefficient (Wildman–Crippen LogP) is 2.78. The van der Waals surface area contributed by atoms with Crippen molar-refractivity contribution in [2.24, 2.45) is 0 Å². The van der Waals surface area contributed by atoms with E-state index in [0.717, 1.165) is 16.8 Å². The van der Waals surface area contributed by atoms with Crippen LogP contribution in [0.15, 0.2) is 47.6 Å². The quantitative estimate of drug-likeness (QED) is 0.586. The van der Waals surface area contributed by atoms with Crippen LogP contribution in [0, 0.1) is 20.8 Å². The molecule has 0 aliphatic carbocycles. The van der Waals surface area contributed by atoms with E-state index in [1.165, 1.54) is 22.2 Å². The molecule has 1 aromatic heterocycles. The van der Waals surface area contributed by atoms with Crippen molar-refractivity contribution in [2.75, 3.05) is 24.7 Å². The monoisotopic (exact) mass is 424 g/mol. The number of aromatic nitrogens is 4. The van der Waals surface area contributed by atoms with Gasteiger partial charge in [-0.25, -0.2) is 0 Å². The highest BCUT2D eigenvalue weighted by Gasteiger charge is 2.16. The molecule has 3 aromatic rings. The highest BCUT2D eigenvalue weighted by Crippen LogP contribution is 2.20. The molecule has 1 heterocycles. The van der Waals surface area contributed by atoms with Gasteiger partial charge in [-0.05, 0) is 66.6 Å². The Morgan fingerprint density at radius 3 is 2.50 bits per heavy atom. The molecule has 0 bridgehead atoms. The van der Waals surface area contributed by atoms with Crippen LogP contribution in [0.2, 0.25) is 0 Å². The van der Waals surface area contributed by atoms with E-state index in [1.54, 1.807) is 11.7 Å². The Hall–Kier alpha value is -3.20. The molecule has 0 atom stereocenters. The molecule has 2 aromatic carbocycles. The minimum Gasteiger partial charge on any atom is -0.336 e. The molecule has 2 amide bonds. The standard InChI is InChI=1S/C21H24N6O2S/c1-14-5-8-17(9-6-14)22-19(28)12-26(4)20(29)13-30-21-23-24-25-27(21)18-10-7-15(2)16(3)11-18/h5-11H,12-13H2,1-4H3,(H,22,28). The second kappa shape index (κ2) is 9.53. The number of anilines is 1. The molecule has 0 saturated carbocycles. The lowest BCUT2D eigenvalue weighted by Gasteiger charge is -2.16. The molecule has 0 aliphatic heterocycles. The molecule has 3 rings (SSSR count). The lowest BCUT2D eigenvalue weighted by molar-refractivity contribution is -0.131. The Kier molecular flexibility index (Phi) is 6.83. The van der Waals surface area contributed by atoms with Gasteiger partial charge in [-0.3, -0.25) is 9.59 Å². The van der Waals surface area contributed by atoms with Gasteiger partial charge in [0.2, 0.25) is 17.0 Å². The Balaban J connectivity index is 1.55. The van der Waals surface area contributed by atoms with Crippen LogP contribution in [-0.2, 0) is 9.59 Å². The van der Waals surface area contributed by atoms with Gasteiger partial charge in [0.1, 0.15) is 0 Å². The number of hydrogen-bond acceptors (Lipinski definition) is 6. The van der Waals surface area contributed by atoms with Crippen LogP contribution in [0.3, 0.4) is 0 Å². The number of likely N-dealkylation sites (N-methyl/N-ethyl adjacent to an activating group) is 1. The Morgan fingerprint density at radius 1 is 1.07 bits per heavy atom. The van der Waals surface area contributed by atoms with Crippen LogP contribution in [-0.4, -0.2) is 56.3 Å². The molecule has 0 unspecified atom stereocenters. The maximum Gasteiger partial charge on any atom is 0.243 e. The van der Waals surface area contributed by atoms with Gasteiger partial charge in [-0.1, -0.05) is 35.5 Å². The lowest BCUT2D eigenvalue weighted by Crippen LogP contribution is -2.36. The number of benzene rings is 2. The molecule has 1 N–H and O–H groups in total. The summed E-state index contributed by atoms with van der Waals surface area (Å²) in [4.78, 5) is 26.0. The first-order chi connectivity index (χ1) is 14.3. The Bertz CT molecular complexity index is 1050. The second-order valence-corrected chi connectivity index (χ2v) is 8.04. The third-order valence-electron chi connectivity index (χ3n) is 4.64. The first-order valence-corrected chi connectivity index (χ1v) is 10.4. The second-order valence-electron chi connectivity index (χ2n) is 7.09. The maximum absolute atomic E-state index is 12.5. The first kappa shape index (κ1) is 21.5. The van der Waals surface area contributed by atoms with Gasteiger partial charge in [0.25, 0.3) is 0 Å². The van der Waals surface area contributed by atoms with Crippen molar-refractivity contribution in [3.05, 3.63) is 59.2 Å². The van der Waals surface area contributed by atoms with Crippen molar-refractivity contribution in [2.45, 2.75) is 25.9 Å². The van der Waals surface area contributed by atoms with Gasteiger partial charge in [0, 0.05) is 12.7 Å². The Labute approximate surface area is 179 Å². The predicted molar refractivity (Wildman–Crippen MR) is 117 cm³/mol. The third-order valence-corrected chi connectivity index (χ3v) is 5.55. The minimum atomic E-state index is -0.250. The van der Waals surface area contributed by atoms with Crippen LogP contribution in [0.25, 0.3) is 5.69 Å². The molecule has 0 radical (unpaired) electrons. The van der Waals surface area contributed by atoms with Crippen LogP contribution in [0.5, 0.6) is 0 Å². The summed E-state index contributed by atoms with van der Waals surface area (Å²) in [5.41, 5.74) is 4.97. The summed E-state index contributed by atoms with van der Waals surface area (Å²) < 4.78 is 1.61. The smallest absolute Gasteiger partial charge is 0.243 e. The number of carbonyl (C=O) groups excluding carboxylic acids is 2. The molecule has 156 valence electrons. The molecular weight excluding hydrogens is 400 g/mol. The molecule has 0 aliphatic rings. The number of thioether (sulfide) groups is 1. The lowest BCUT2D eigenvalue weighted by atomic mass is 10.1. The van der Waals surface area contributed by atoms with E-state index in [1.807, 2.05) is 63.2 Å². The van der Waals surface area contributed by atoms with E-state index in [2.05, 4.69) is 20.8 Å². The van der Waals surface area contributed by atoms with Gasteiger partial charge >= 0.3 is 0 Å². The van der Waals surface area contributed by atoms with Crippen molar-refractivity contribution in [1.29, 1.82) is 0 Å². The summed E-state index contributed by atoms with van der Waals surface area (Å²) in [6.07, 6.45) is 0. The molecular formula is C21H24N6O2S. The van der Waals surface area contributed by atoms with Gasteiger partial charge in [0.15, 0.2) is 0 Å². The average molecular weight is 425 g/mol. The minimum absolute atomic E-state index is 0.0324. The summed E-state index contributed by atoms with van der Waals surface area (Å²) in [6, 6.07) is 13.4. The molecule has 9 heteroatoms. The topological polar surface area (TPSA) is 93.0 Å². The molecule has 0 saturated heterocycles. The number of nitrogens with zero attached hydrogens (tertiary/aromatic N) is 5. The van der Waals surface area contributed by atoms with E-state index < -0.39 is 0 Å². The Morgan fingerprint density at radius 2 is 1.80 bits per heavy atom. The van der Waals surface area contributed by atoms with Crippen LogP contribution < -0.4 is 5.32 Å². The van der Waals surface area contributed by atoms with Crippen LogP contribution in [0.1, 0.15) is 16.7 Å². The number of amides is 2. The summed E-state index contributed by atoms with van der Waals surface area (Å²) in [7, 11) is 1.60. The van der Waals surface area contributed by atoms with Crippen molar-refractivity contribution in [3.63, 3.8) is 0 Å². The first-order valence-electron chi connectivity index (χ1n) is 9.43. The normalized spacial score (nSPS) is 10.7. The molecule has 0 spiro atoms.